The zero-order valence-corrected chi connectivity index (χ0v) is 8.16. The molecule has 0 fully saturated rings. The molecule has 0 aliphatic carbocycles. The summed E-state index contributed by atoms with van der Waals surface area (Å²) in [6.07, 6.45) is 0.279. The Morgan fingerprint density at radius 1 is 1.47 bits per heavy atom. The topological polar surface area (TPSA) is 52.9 Å². The predicted octanol–water partition coefficient (Wildman–Crippen LogP) is 1.40. The maximum Gasteiger partial charge on any atom is 0.224 e. The van der Waals surface area contributed by atoms with Gasteiger partial charge in [-0.05, 0) is 11.6 Å². The minimum absolute atomic E-state index is 0.0120. The molecule has 0 heterocycles. The van der Waals surface area contributed by atoms with Crippen molar-refractivity contribution in [1.29, 1.82) is 5.26 Å². The van der Waals surface area contributed by atoms with E-state index in [1.54, 1.807) is 18.2 Å². The van der Waals surface area contributed by atoms with Crippen molar-refractivity contribution in [2.75, 3.05) is 6.54 Å². The van der Waals surface area contributed by atoms with E-state index in [1.165, 1.54) is 6.07 Å². The molecule has 0 aliphatic rings. The smallest absolute Gasteiger partial charge is 0.224 e. The number of halogens is 1. The average Bonchev–Trinajstić information content (AvgIpc) is 2.22. The lowest BCUT2D eigenvalue weighted by Crippen LogP contribution is -2.26. The van der Waals surface area contributed by atoms with Crippen molar-refractivity contribution in [3.05, 3.63) is 35.6 Å². The molecule has 4 heteroatoms. The van der Waals surface area contributed by atoms with Gasteiger partial charge in [0.1, 0.15) is 5.82 Å². The molecular weight excluding hydrogens is 195 g/mol. The molecule has 1 aromatic carbocycles. The number of carbonyl (C=O) groups excluding carboxylic acids is 1. The summed E-state index contributed by atoms with van der Waals surface area (Å²) in [4.78, 5) is 11.3. The number of benzene rings is 1. The summed E-state index contributed by atoms with van der Waals surface area (Å²) in [5.74, 6) is -0.650. The molecule has 0 saturated carbocycles. The van der Waals surface area contributed by atoms with Crippen molar-refractivity contribution in [2.45, 2.75) is 12.8 Å². The van der Waals surface area contributed by atoms with Crippen molar-refractivity contribution in [1.82, 2.24) is 5.32 Å². The normalized spacial score (nSPS) is 9.33. The third-order valence-electron chi connectivity index (χ3n) is 1.87. The maximum absolute atomic E-state index is 13.1. The van der Waals surface area contributed by atoms with E-state index in [4.69, 9.17) is 5.26 Å². The predicted molar refractivity (Wildman–Crippen MR) is 53.3 cm³/mol. The van der Waals surface area contributed by atoms with Crippen LogP contribution < -0.4 is 5.32 Å². The number of hydrogen-bond donors (Lipinski definition) is 1. The first kappa shape index (κ1) is 11.2. The Morgan fingerprint density at radius 3 is 2.87 bits per heavy atom. The average molecular weight is 206 g/mol. The number of nitrogens with one attached hydrogen (secondary N) is 1. The molecular formula is C11H11FN2O. The monoisotopic (exact) mass is 206 g/mol. The number of nitrogens with zero attached hydrogens (tertiary/aromatic N) is 1. The number of nitriles is 1. The Balaban J connectivity index is 2.45. The molecule has 0 spiro atoms. The number of carbonyl (C=O) groups is 1. The lowest BCUT2D eigenvalue weighted by molar-refractivity contribution is -0.120. The number of amides is 1. The summed E-state index contributed by atoms with van der Waals surface area (Å²) in [5.41, 5.74) is 0.368. The molecule has 0 radical (unpaired) electrons. The van der Waals surface area contributed by atoms with Gasteiger partial charge in [0, 0.05) is 6.54 Å². The molecule has 1 aromatic rings. The van der Waals surface area contributed by atoms with Crippen molar-refractivity contribution in [3.63, 3.8) is 0 Å². The molecule has 1 N–H and O–H groups in total. The first-order chi connectivity index (χ1) is 7.24. The first-order valence-electron chi connectivity index (χ1n) is 4.61. The second kappa shape index (κ2) is 5.76. The highest BCUT2D eigenvalue weighted by molar-refractivity contribution is 5.78. The zero-order valence-electron chi connectivity index (χ0n) is 8.16. The van der Waals surface area contributed by atoms with Gasteiger partial charge in [0.2, 0.25) is 5.91 Å². The molecule has 1 amide bonds. The Kier molecular flexibility index (Phi) is 4.30. The fourth-order valence-electron chi connectivity index (χ4n) is 1.14. The third-order valence-corrected chi connectivity index (χ3v) is 1.87. The SMILES string of the molecule is N#CCCNC(=O)Cc1ccccc1F. The fraction of sp³-hybridized carbons (Fsp3) is 0.273. The summed E-state index contributed by atoms with van der Waals surface area (Å²) in [6, 6.07) is 8.05. The highest BCUT2D eigenvalue weighted by Crippen LogP contribution is 2.06. The summed E-state index contributed by atoms with van der Waals surface area (Å²) >= 11 is 0. The van der Waals surface area contributed by atoms with Crippen LogP contribution in [0.1, 0.15) is 12.0 Å². The Labute approximate surface area is 87.5 Å². The molecule has 0 bridgehead atoms. The number of rotatable bonds is 4. The van der Waals surface area contributed by atoms with Crippen LogP contribution in [0.2, 0.25) is 0 Å². The van der Waals surface area contributed by atoms with E-state index < -0.39 is 0 Å². The lowest BCUT2D eigenvalue weighted by Gasteiger charge is -2.03. The van der Waals surface area contributed by atoms with Crippen LogP contribution in [0.15, 0.2) is 24.3 Å². The Bertz CT molecular complexity index is 384. The van der Waals surface area contributed by atoms with Gasteiger partial charge in [-0.3, -0.25) is 4.79 Å². The molecule has 15 heavy (non-hydrogen) atoms. The molecule has 0 atom stereocenters. The molecule has 1 rings (SSSR count). The molecule has 3 nitrogen and oxygen atoms in total. The van der Waals surface area contributed by atoms with Gasteiger partial charge in [0.25, 0.3) is 0 Å². The minimum atomic E-state index is -0.382. The summed E-state index contributed by atoms with van der Waals surface area (Å²) in [7, 11) is 0. The van der Waals surface area contributed by atoms with Gasteiger partial charge in [0.15, 0.2) is 0 Å². The van der Waals surface area contributed by atoms with Crippen LogP contribution in [0.25, 0.3) is 0 Å². The van der Waals surface area contributed by atoms with Crippen LogP contribution in [0.3, 0.4) is 0 Å². The maximum atomic E-state index is 13.1. The summed E-state index contributed by atoms with van der Waals surface area (Å²) < 4.78 is 13.1. The second-order valence-corrected chi connectivity index (χ2v) is 3.03. The van der Waals surface area contributed by atoms with Gasteiger partial charge < -0.3 is 5.32 Å². The van der Waals surface area contributed by atoms with E-state index >= 15 is 0 Å². The van der Waals surface area contributed by atoms with Crippen molar-refractivity contribution >= 4 is 5.91 Å². The van der Waals surface area contributed by atoms with Crippen LogP contribution in [0.5, 0.6) is 0 Å². The van der Waals surface area contributed by atoms with Crippen LogP contribution in [0, 0.1) is 17.1 Å². The van der Waals surface area contributed by atoms with Crippen LogP contribution in [-0.4, -0.2) is 12.5 Å². The molecule has 0 aliphatic heterocycles. The van der Waals surface area contributed by atoms with Crippen molar-refractivity contribution < 1.29 is 9.18 Å². The molecule has 0 unspecified atom stereocenters. The van der Waals surface area contributed by atoms with E-state index in [2.05, 4.69) is 5.32 Å². The molecule has 0 saturated heterocycles. The lowest BCUT2D eigenvalue weighted by atomic mass is 10.1. The van der Waals surface area contributed by atoms with Crippen LogP contribution in [0.4, 0.5) is 4.39 Å². The quantitative estimate of drug-likeness (QED) is 0.757. The van der Waals surface area contributed by atoms with Gasteiger partial charge in [-0.25, -0.2) is 4.39 Å². The first-order valence-corrected chi connectivity index (χ1v) is 4.61. The standard InChI is InChI=1S/C11H11FN2O/c12-10-5-2-1-4-9(10)8-11(15)14-7-3-6-13/h1-2,4-5H,3,7-8H2,(H,14,15). The molecule has 78 valence electrons. The van der Waals surface area contributed by atoms with Gasteiger partial charge >= 0.3 is 0 Å². The second-order valence-electron chi connectivity index (χ2n) is 3.03. The van der Waals surface area contributed by atoms with Crippen molar-refractivity contribution in [2.24, 2.45) is 0 Å². The molecule has 0 aromatic heterocycles. The van der Waals surface area contributed by atoms with E-state index in [-0.39, 0.29) is 24.6 Å². The van der Waals surface area contributed by atoms with Crippen LogP contribution >= 0.6 is 0 Å². The van der Waals surface area contributed by atoms with E-state index in [1.807, 2.05) is 6.07 Å². The Hall–Kier alpha value is -1.89. The van der Waals surface area contributed by atoms with Gasteiger partial charge in [-0.15, -0.1) is 0 Å². The van der Waals surface area contributed by atoms with E-state index in [0.717, 1.165) is 0 Å². The van der Waals surface area contributed by atoms with E-state index in [9.17, 15) is 9.18 Å². The summed E-state index contributed by atoms with van der Waals surface area (Å²) in [5, 5.41) is 10.8. The van der Waals surface area contributed by atoms with Crippen LogP contribution in [-0.2, 0) is 11.2 Å². The van der Waals surface area contributed by atoms with Gasteiger partial charge in [-0.1, -0.05) is 18.2 Å². The van der Waals surface area contributed by atoms with Crippen molar-refractivity contribution in [3.8, 4) is 6.07 Å². The highest BCUT2D eigenvalue weighted by atomic mass is 19.1. The summed E-state index contributed by atoms with van der Waals surface area (Å²) in [6.45, 7) is 0.309. The fourth-order valence-corrected chi connectivity index (χ4v) is 1.14. The highest BCUT2D eigenvalue weighted by Gasteiger charge is 2.06. The van der Waals surface area contributed by atoms with E-state index in [0.29, 0.717) is 12.1 Å². The Morgan fingerprint density at radius 2 is 2.20 bits per heavy atom. The minimum Gasteiger partial charge on any atom is -0.355 e. The van der Waals surface area contributed by atoms with Gasteiger partial charge in [-0.2, -0.15) is 5.26 Å². The largest absolute Gasteiger partial charge is 0.355 e. The van der Waals surface area contributed by atoms with Gasteiger partial charge in [0.05, 0.1) is 18.9 Å². The number of hydrogen-bond acceptors (Lipinski definition) is 2. The zero-order chi connectivity index (χ0) is 11.1. The third kappa shape index (κ3) is 3.77.